The van der Waals surface area contributed by atoms with E-state index in [-0.39, 0.29) is 5.69 Å². The molecule has 2 heterocycles. The number of carbonyl (C=O) groups is 1. The van der Waals surface area contributed by atoms with Gasteiger partial charge in [0.15, 0.2) is 12.1 Å². The molecule has 1 atom stereocenters. The molecule has 1 saturated heterocycles. The van der Waals surface area contributed by atoms with E-state index in [9.17, 15) is 4.79 Å². The van der Waals surface area contributed by atoms with Gasteiger partial charge in [-0.2, -0.15) is 0 Å². The summed E-state index contributed by atoms with van der Waals surface area (Å²) in [5.74, 6) is 0.495. The van der Waals surface area contributed by atoms with Gasteiger partial charge in [0, 0.05) is 19.0 Å². The Bertz CT molecular complexity index is 624. The molecule has 0 radical (unpaired) electrons. The Balaban J connectivity index is 1.45. The van der Waals surface area contributed by atoms with Crippen LogP contribution >= 0.6 is 0 Å². The van der Waals surface area contributed by atoms with Crippen molar-refractivity contribution in [2.45, 2.75) is 19.9 Å². The second-order valence-corrected chi connectivity index (χ2v) is 5.73. The SMILES string of the molecule is Cc1ocnc1C(=O)OC[C@H]1CCN(Cc2ccccc2)C1. The maximum Gasteiger partial charge on any atom is 0.360 e. The zero-order valence-corrected chi connectivity index (χ0v) is 12.7. The molecule has 116 valence electrons. The Kier molecular flexibility index (Phi) is 4.53. The number of aromatic nitrogens is 1. The standard InChI is InChI=1S/C17H20N2O3/c1-13-16(18-12-22-13)17(20)21-11-15-7-8-19(10-15)9-14-5-3-2-4-6-14/h2-6,12,15H,7-11H2,1H3/t15-/m0/s1. The Morgan fingerprint density at radius 2 is 2.23 bits per heavy atom. The van der Waals surface area contributed by atoms with Gasteiger partial charge in [0.2, 0.25) is 0 Å². The molecule has 2 aromatic rings. The number of oxazole rings is 1. The van der Waals surface area contributed by atoms with Crippen molar-refractivity contribution in [1.82, 2.24) is 9.88 Å². The van der Waals surface area contributed by atoms with Crippen LogP contribution in [0.15, 0.2) is 41.1 Å². The maximum atomic E-state index is 11.9. The zero-order chi connectivity index (χ0) is 15.4. The smallest absolute Gasteiger partial charge is 0.360 e. The van der Waals surface area contributed by atoms with E-state index in [1.54, 1.807) is 6.92 Å². The Labute approximate surface area is 129 Å². The number of nitrogens with zero attached hydrogens (tertiary/aromatic N) is 2. The van der Waals surface area contributed by atoms with Gasteiger partial charge < -0.3 is 9.15 Å². The number of rotatable bonds is 5. The molecule has 0 amide bonds. The lowest BCUT2D eigenvalue weighted by Gasteiger charge is -2.16. The lowest BCUT2D eigenvalue weighted by molar-refractivity contribution is 0.0435. The molecule has 1 aliphatic rings. The molecule has 5 heteroatoms. The van der Waals surface area contributed by atoms with Gasteiger partial charge in [-0.25, -0.2) is 9.78 Å². The average molecular weight is 300 g/mol. The molecule has 1 aromatic heterocycles. The van der Waals surface area contributed by atoms with E-state index in [0.29, 0.717) is 18.3 Å². The molecule has 0 bridgehead atoms. The predicted molar refractivity (Wildman–Crippen MR) is 81.3 cm³/mol. The van der Waals surface area contributed by atoms with Crippen LogP contribution in [0.3, 0.4) is 0 Å². The van der Waals surface area contributed by atoms with Crippen molar-refractivity contribution in [2.75, 3.05) is 19.7 Å². The summed E-state index contributed by atoms with van der Waals surface area (Å²) in [6.45, 7) is 5.10. The van der Waals surface area contributed by atoms with Crippen LogP contribution in [0.1, 0.15) is 28.2 Å². The molecule has 0 N–H and O–H groups in total. The monoisotopic (exact) mass is 300 g/mol. The fourth-order valence-corrected chi connectivity index (χ4v) is 2.80. The molecule has 3 rings (SSSR count). The van der Waals surface area contributed by atoms with E-state index in [1.165, 1.54) is 12.0 Å². The van der Waals surface area contributed by atoms with E-state index in [2.05, 4.69) is 34.1 Å². The number of esters is 1. The third kappa shape index (κ3) is 3.54. The Hall–Kier alpha value is -2.14. The van der Waals surface area contributed by atoms with Gasteiger partial charge in [-0.1, -0.05) is 30.3 Å². The van der Waals surface area contributed by atoms with Crippen molar-refractivity contribution in [1.29, 1.82) is 0 Å². The highest BCUT2D eigenvalue weighted by Gasteiger charge is 2.24. The first-order chi connectivity index (χ1) is 10.7. The molecule has 22 heavy (non-hydrogen) atoms. The van der Waals surface area contributed by atoms with Crippen LogP contribution in [0.5, 0.6) is 0 Å². The third-order valence-electron chi connectivity index (χ3n) is 4.01. The molecule has 0 unspecified atom stereocenters. The number of aryl methyl sites for hydroxylation is 1. The Morgan fingerprint density at radius 1 is 1.41 bits per heavy atom. The van der Waals surface area contributed by atoms with Crippen molar-refractivity contribution >= 4 is 5.97 Å². The van der Waals surface area contributed by atoms with E-state index in [4.69, 9.17) is 9.15 Å². The zero-order valence-electron chi connectivity index (χ0n) is 12.7. The fourth-order valence-electron chi connectivity index (χ4n) is 2.80. The Morgan fingerprint density at radius 3 is 2.95 bits per heavy atom. The highest BCUT2D eigenvalue weighted by Crippen LogP contribution is 2.19. The summed E-state index contributed by atoms with van der Waals surface area (Å²) in [6.07, 6.45) is 2.32. The van der Waals surface area contributed by atoms with Gasteiger partial charge in [-0.3, -0.25) is 4.90 Å². The largest absolute Gasteiger partial charge is 0.461 e. The number of likely N-dealkylation sites (tertiary alicyclic amines) is 1. The van der Waals surface area contributed by atoms with Crippen LogP contribution in [-0.4, -0.2) is 35.5 Å². The number of ether oxygens (including phenoxy) is 1. The summed E-state index contributed by atoms with van der Waals surface area (Å²) in [6, 6.07) is 10.4. The first-order valence-corrected chi connectivity index (χ1v) is 7.56. The summed E-state index contributed by atoms with van der Waals surface area (Å²) in [5, 5.41) is 0. The van der Waals surface area contributed by atoms with Gasteiger partial charge in [0.05, 0.1) is 6.61 Å². The lowest BCUT2D eigenvalue weighted by Crippen LogP contribution is -2.22. The summed E-state index contributed by atoms with van der Waals surface area (Å²) in [5.41, 5.74) is 1.59. The summed E-state index contributed by atoms with van der Waals surface area (Å²) in [4.78, 5) is 18.2. The second-order valence-electron chi connectivity index (χ2n) is 5.73. The van der Waals surface area contributed by atoms with E-state index < -0.39 is 5.97 Å². The second kappa shape index (κ2) is 6.75. The van der Waals surface area contributed by atoms with Gasteiger partial charge in [-0.05, 0) is 25.5 Å². The quantitative estimate of drug-likeness (QED) is 0.795. The van der Waals surface area contributed by atoms with E-state index in [0.717, 1.165) is 26.1 Å². The van der Waals surface area contributed by atoms with Crippen LogP contribution in [0, 0.1) is 12.8 Å². The van der Waals surface area contributed by atoms with Crippen LogP contribution in [0.25, 0.3) is 0 Å². The molecule has 1 fully saturated rings. The normalized spacial score (nSPS) is 18.5. The highest BCUT2D eigenvalue weighted by atomic mass is 16.5. The summed E-state index contributed by atoms with van der Waals surface area (Å²) >= 11 is 0. The molecular formula is C17H20N2O3. The fraction of sp³-hybridized carbons (Fsp3) is 0.412. The van der Waals surface area contributed by atoms with Gasteiger partial charge in [0.25, 0.3) is 0 Å². The van der Waals surface area contributed by atoms with Crippen LogP contribution < -0.4 is 0 Å². The van der Waals surface area contributed by atoms with Crippen molar-refractivity contribution < 1.29 is 13.9 Å². The average Bonchev–Trinajstić information content (AvgIpc) is 3.15. The van der Waals surface area contributed by atoms with E-state index in [1.807, 2.05) is 6.07 Å². The number of hydrogen-bond acceptors (Lipinski definition) is 5. The lowest BCUT2D eigenvalue weighted by atomic mass is 10.1. The molecule has 1 aliphatic heterocycles. The minimum absolute atomic E-state index is 0.277. The van der Waals surface area contributed by atoms with Gasteiger partial charge in [-0.15, -0.1) is 0 Å². The summed E-state index contributed by atoms with van der Waals surface area (Å²) in [7, 11) is 0. The molecule has 1 aromatic carbocycles. The van der Waals surface area contributed by atoms with Crippen molar-refractivity contribution in [3.8, 4) is 0 Å². The molecule has 5 nitrogen and oxygen atoms in total. The number of benzene rings is 1. The van der Waals surface area contributed by atoms with Crippen molar-refractivity contribution in [2.24, 2.45) is 5.92 Å². The van der Waals surface area contributed by atoms with Crippen molar-refractivity contribution in [3.05, 3.63) is 53.7 Å². The van der Waals surface area contributed by atoms with Gasteiger partial charge in [0.1, 0.15) is 5.76 Å². The predicted octanol–water partition coefficient (Wildman–Crippen LogP) is 2.66. The third-order valence-corrected chi connectivity index (χ3v) is 4.01. The minimum atomic E-state index is -0.396. The van der Waals surface area contributed by atoms with Crippen LogP contribution in [-0.2, 0) is 11.3 Å². The van der Waals surface area contributed by atoms with E-state index >= 15 is 0 Å². The first-order valence-electron chi connectivity index (χ1n) is 7.56. The molecular weight excluding hydrogens is 280 g/mol. The van der Waals surface area contributed by atoms with Crippen LogP contribution in [0.4, 0.5) is 0 Å². The van der Waals surface area contributed by atoms with Crippen LogP contribution in [0.2, 0.25) is 0 Å². The number of hydrogen-bond donors (Lipinski definition) is 0. The summed E-state index contributed by atoms with van der Waals surface area (Å²) < 4.78 is 10.4. The first kappa shape index (κ1) is 14.8. The number of carbonyl (C=O) groups excluding carboxylic acids is 1. The van der Waals surface area contributed by atoms with Gasteiger partial charge >= 0.3 is 5.97 Å². The topological polar surface area (TPSA) is 55.6 Å². The van der Waals surface area contributed by atoms with Crippen molar-refractivity contribution in [3.63, 3.8) is 0 Å². The highest BCUT2D eigenvalue weighted by molar-refractivity contribution is 5.88. The molecule has 0 saturated carbocycles. The minimum Gasteiger partial charge on any atom is -0.461 e. The molecule has 0 spiro atoms. The molecule has 0 aliphatic carbocycles. The maximum absolute atomic E-state index is 11.9.